The molecule has 0 aromatic carbocycles. The van der Waals surface area contributed by atoms with Crippen LogP contribution in [0.25, 0.3) is 0 Å². The Balaban J connectivity index is 1.56. The molecule has 1 saturated carbocycles. The standard InChI is InChI=1S/C13H17N3O2/c17-13-12(4-6-18-13)15-5-3-11-10(7-15)14-8-16(11)9-1-2-9/h8-9,12H,1-7H2/t12-/m1/s1. The zero-order valence-electron chi connectivity index (χ0n) is 10.3. The minimum atomic E-state index is -0.0555. The Bertz CT molecular complexity index is 492. The van der Waals surface area contributed by atoms with Crippen LogP contribution < -0.4 is 0 Å². The lowest BCUT2D eigenvalue weighted by Gasteiger charge is -2.29. The van der Waals surface area contributed by atoms with Gasteiger partial charge in [0.25, 0.3) is 0 Å². The molecule has 0 spiro atoms. The van der Waals surface area contributed by atoms with Crippen LogP contribution in [-0.4, -0.2) is 39.6 Å². The molecule has 1 aromatic rings. The predicted molar refractivity (Wildman–Crippen MR) is 64.0 cm³/mol. The Morgan fingerprint density at radius 2 is 2.22 bits per heavy atom. The van der Waals surface area contributed by atoms with E-state index in [-0.39, 0.29) is 12.0 Å². The lowest BCUT2D eigenvalue weighted by atomic mass is 10.1. The average molecular weight is 247 g/mol. The number of imidazole rings is 1. The molecule has 1 saturated heterocycles. The van der Waals surface area contributed by atoms with Crippen molar-refractivity contribution in [3.8, 4) is 0 Å². The normalized spacial score (nSPS) is 28.2. The second-order valence-electron chi connectivity index (χ2n) is 5.47. The van der Waals surface area contributed by atoms with Gasteiger partial charge in [-0.3, -0.25) is 9.69 Å². The number of aromatic nitrogens is 2. The molecule has 0 bridgehead atoms. The van der Waals surface area contributed by atoms with E-state index < -0.39 is 0 Å². The summed E-state index contributed by atoms with van der Waals surface area (Å²) in [7, 11) is 0. The third-order valence-electron chi connectivity index (χ3n) is 4.26. The predicted octanol–water partition coefficient (Wildman–Crippen LogP) is 0.892. The molecule has 1 atom stereocenters. The van der Waals surface area contributed by atoms with Crippen molar-refractivity contribution in [3.05, 3.63) is 17.7 Å². The number of ether oxygens (including phenoxy) is 1. The van der Waals surface area contributed by atoms with Crippen molar-refractivity contribution in [1.29, 1.82) is 0 Å². The van der Waals surface area contributed by atoms with E-state index in [1.165, 1.54) is 18.5 Å². The summed E-state index contributed by atoms with van der Waals surface area (Å²) >= 11 is 0. The van der Waals surface area contributed by atoms with Gasteiger partial charge in [-0.05, 0) is 12.8 Å². The first-order valence-corrected chi connectivity index (χ1v) is 6.78. The minimum absolute atomic E-state index is 0.0378. The molecule has 5 nitrogen and oxygen atoms in total. The van der Waals surface area contributed by atoms with Crippen molar-refractivity contribution in [2.45, 2.75) is 44.3 Å². The van der Waals surface area contributed by atoms with Crippen molar-refractivity contribution < 1.29 is 9.53 Å². The molecular formula is C13H17N3O2. The highest BCUT2D eigenvalue weighted by molar-refractivity contribution is 5.77. The first kappa shape index (κ1) is 10.6. The van der Waals surface area contributed by atoms with Gasteiger partial charge in [0.05, 0.1) is 18.6 Å². The maximum absolute atomic E-state index is 11.6. The topological polar surface area (TPSA) is 47.4 Å². The summed E-state index contributed by atoms with van der Waals surface area (Å²) in [6.07, 6.45) is 6.41. The Kier molecular flexibility index (Phi) is 2.24. The monoisotopic (exact) mass is 247 g/mol. The summed E-state index contributed by atoms with van der Waals surface area (Å²) in [5.41, 5.74) is 2.55. The summed E-state index contributed by atoms with van der Waals surface area (Å²) in [6, 6.07) is 0.661. The van der Waals surface area contributed by atoms with E-state index in [9.17, 15) is 4.79 Å². The maximum Gasteiger partial charge on any atom is 0.323 e. The first-order valence-electron chi connectivity index (χ1n) is 6.78. The van der Waals surface area contributed by atoms with E-state index in [1.807, 2.05) is 6.33 Å². The van der Waals surface area contributed by atoms with Crippen molar-refractivity contribution >= 4 is 5.97 Å². The fraction of sp³-hybridized carbons (Fsp3) is 0.692. The highest BCUT2D eigenvalue weighted by atomic mass is 16.5. The molecule has 5 heteroatoms. The van der Waals surface area contributed by atoms with E-state index in [0.29, 0.717) is 12.6 Å². The molecular weight excluding hydrogens is 230 g/mol. The summed E-state index contributed by atoms with van der Waals surface area (Å²) < 4.78 is 7.40. The van der Waals surface area contributed by atoms with Crippen LogP contribution in [0, 0.1) is 0 Å². The fourth-order valence-electron chi connectivity index (χ4n) is 3.10. The molecule has 96 valence electrons. The van der Waals surface area contributed by atoms with Gasteiger partial charge in [0.2, 0.25) is 0 Å². The van der Waals surface area contributed by atoms with E-state index in [4.69, 9.17) is 4.74 Å². The smallest absolute Gasteiger partial charge is 0.323 e. The van der Waals surface area contributed by atoms with Gasteiger partial charge in [-0.25, -0.2) is 4.98 Å². The SMILES string of the molecule is O=C1OCC[C@H]1N1CCc2c(ncn2C2CC2)C1. The van der Waals surface area contributed by atoms with Crippen molar-refractivity contribution in [1.82, 2.24) is 14.5 Å². The molecule has 0 unspecified atom stereocenters. The quantitative estimate of drug-likeness (QED) is 0.728. The first-order chi connectivity index (χ1) is 8.83. The Labute approximate surface area is 106 Å². The molecule has 18 heavy (non-hydrogen) atoms. The van der Waals surface area contributed by atoms with Crippen LogP contribution in [0.4, 0.5) is 0 Å². The minimum Gasteiger partial charge on any atom is -0.464 e. The van der Waals surface area contributed by atoms with Gasteiger partial charge in [-0.2, -0.15) is 0 Å². The van der Waals surface area contributed by atoms with E-state index in [1.54, 1.807) is 0 Å². The molecule has 0 N–H and O–H groups in total. The molecule has 3 aliphatic rings. The highest BCUT2D eigenvalue weighted by Gasteiger charge is 2.36. The highest BCUT2D eigenvalue weighted by Crippen LogP contribution is 2.37. The summed E-state index contributed by atoms with van der Waals surface area (Å²) in [6.45, 7) is 2.32. The van der Waals surface area contributed by atoms with Crippen molar-refractivity contribution in [3.63, 3.8) is 0 Å². The number of cyclic esters (lactones) is 1. The summed E-state index contributed by atoms with van der Waals surface area (Å²) in [4.78, 5) is 18.4. The van der Waals surface area contributed by atoms with Crippen LogP contribution in [0.5, 0.6) is 0 Å². The Morgan fingerprint density at radius 1 is 1.33 bits per heavy atom. The number of esters is 1. The molecule has 3 heterocycles. The van der Waals surface area contributed by atoms with E-state index in [0.717, 1.165) is 31.6 Å². The number of fused-ring (bicyclic) bond motifs is 1. The zero-order valence-corrected chi connectivity index (χ0v) is 10.3. The van der Waals surface area contributed by atoms with Gasteiger partial charge < -0.3 is 9.30 Å². The van der Waals surface area contributed by atoms with Crippen molar-refractivity contribution in [2.75, 3.05) is 13.2 Å². The second kappa shape index (κ2) is 3.82. The molecule has 1 aliphatic carbocycles. The van der Waals surface area contributed by atoms with Gasteiger partial charge in [-0.15, -0.1) is 0 Å². The van der Waals surface area contributed by atoms with Gasteiger partial charge in [-0.1, -0.05) is 0 Å². The van der Waals surface area contributed by atoms with Crippen LogP contribution in [0.3, 0.4) is 0 Å². The summed E-state index contributed by atoms with van der Waals surface area (Å²) in [5.74, 6) is -0.0555. The van der Waals surface area contributed by atoms with Gasteiger partial charge in [0, 0.05) is 37.7 Å². The third kappa shape index (κ3) is 1.57. The number of nitrogens with zero attached hydrogens (tertiary/aromatic N) is 3. The Morgan fingerprint density at radius 3 is 2.94 bits per heavy atom. The molecule has 0 radical (unpaired) electrons. The largest absolute Gasteiger partial charge is 0.464 e. The summed E-state index contributed by atoms with van der Waals surface area (Å²) in [5, 5.41) is 0. The van der Waals surface area contributed by atoms with Crippen LogP contribution in [0.15, 0.2) is 6.33 Å². The number of hydrogen-bond acceptors (Lipinski definition) is 4. The number of carbonyl (C=O) groups excluding carboxylic acids is 1. The molecule has 1 aromatic heterocycles. The zero-order chi connectivity index (χ0) is 12.1. The lowest BCUT2D eigenvalue weighted by molar-refractivity contribution is -0.142. The van der Waals surface area contributed by atoms with E-state index >= 15 is 0 Å². The van der Waals surface area contributed by atoms with Gasteiger partial charge in [0.15, 0.2) is 0 Å². The Hall–Kier alpha value is -1.36. The van der Waals surface area contributed by atoms with Crippen LogP contribution in [0.2, 0.25) is 0 Å². The van der Waals surface area contributed by atoms with E-state index in [2.05, 4.69) is 14.5 Å². The van der Waals surface area contributed by atoms with Crippen LogP contribution in [-0.2, 0) is 22.5 Å². The second-order valence-corrected chi connectivity index (χ2v) is 5.47. The molecule has 2 fully saturated rings. The van der Waals surface area contributed by atoms with Crippen LogP contribution >= 0.6 is 0 Å². The molecule has 0 amide bonds. The number of hydrogen-bond donors (Lipinski definition) is 0. The maximum atomic E-state index is 11.6. The van der Waals surface area contributed by atoms with Gasteiger partial charge >= 0.3 is 5.97 Å². The number of rotatable bonds is 2. The fourth-order valence-corrected chi connectivity index (χ4v) is 3.10. The molecule has 4 rings (SSSR count). The van der Waals surface area contributed by atoms with Crippen molar-refractivity contribution in [2.24, 2.45) is 0 Å². The van der Waals surface area contributed by atoms with Gasteiger partial charge in [0.1, 0.15) is 6.04 Å². The molecule has 2 aliphatic heterocycles. The average Bonchev–Trinajstić information content (AvgIpc) is 2.99. The number of carbonyl (C=O) groups is 1. The van der Waals surface area contributed by atoms with Crippen LogP contribution in [0.1, 0.15) is 36.7 Å². The lowest BCUT2D eigenvalue weighted by Crippen LogP contribution is -2.42. The third-order valence-corrected chi connectivity index (χ3v) is 4.26.